The first-order chi connectivity index (χ1) is 11.7. The van der Waals surface area contributed by atoms with Gasteiger partial charge in [0, 0.05) is 34.9 Å². The van der Waals surface area contributed by atoms with Gasteiger partial charge in [0.25, 0.3) is 0 Å². The molecule has 0 saturated carbocycles. The van der Waals surface area contributed by atoms with Crippen molar-refractivity contribution in [1.82, 2.24) is 4.98 Å². The Labute approximate surface area is 139 Å². The number of nitrogens with one attached hydrogen (secondary N) is 1. The first-order valence-electron chi connectivity index (χ1n) is 7.76. The SMILES string of the molecule is O=C(O)c1cccc(-c2c[nH]c3c2CN(c2ccccc2)C=C3)c1. The first kappa shape index (κ1) is 14.3. The van der Waals surface area contributed by atoms with E-state index in [0.29, 0.717) is 5.56 Å². The summed E-state index contributed by atoms with van der Waals surface area (Å²) in [5, 5.41) is 9.21. The maximum atomic E-state index is 11.2. The van der Waals surface area contributed by atoms with Crippen molar-refractivity contribution in [1.29, 1.82) is 0 Å². The van der Waals surface area contributed by atoms with Gasteiger partial charge in [-0.05, 0) is 35.9 Å². The summed E-state index contributed by atoms with van der Waals surface area (Å²) in [5.74, 6) is -0.910. The summed E-state index contributed by atoms with van der Waals surface area (Å²) in [5.41, 5.74) is 5.62. The Balaban J connectivity index is 1.73. The number of aromatic carboxylic acids is 1. The van der Waals surface area contributed by atoms with Crippen LogP contribution in [-0.4, -0.2) is 16.1 Å². The number of carboxylic acids is 1. The normalized spacial score (nSPS) is 12.9. The number of para-hydroxylation sites is 1. The van der Waals surface area contributed by atoms with Crippen molar-refractivity contribution in [2.45, 2.75) is 6.54 Å². The van der Waals surface area contributed by atoms with E-state index in [4.69, 9.17) is 0 Å². The molecular weight excluding hydrogens is 300 g/mol. The van der Waals surface area contributed by atoms with Crippen LogP contribution in [0.4, 0.5) is 5.69 Å². The lowest BCUT2D eigenvalue weighted by molar-refractivity contribution is 0.0697. The molecule has 0 spiro atoms. The zero-order valence-electron chi connectivity index (χ0n) is 12.9. The number of nitrogens with zero attached hydrogens (tertiary/aromatic N) is 1. The van der Waals surface area contributed by atoms with Crippen LogP contribution in [0.25, 0.3) is 17.2 Å². The summed E-state index contributed by atoms with van der Waals surface area (Å²) in [7, 11) is 0. The van der Waals surface area contributed by atoms with E-state index in [1.165, 1.54) is 5.56 Å². The van der Waals surface area contributed by atoms with E-state index in [9.17, 15) is 9.90 Å². The van der Waals surface area contributed by atoms with E-state index in [1.54, 1.807) is 18.2 Å². The molecule has 1 aliphatic heterocycles. The summed E-state index contributed by atoms with van der Waals surface area (Å²) >= 11 is 0. The highest BCUT2D eigenvalue weighted by Gasteiger charge is 2.18. The zero-order valence-corrected chi connectivity index (χ0v) is 12.9. The molecule has 4 rings (SSSR count). The van der Waals surface area contributed by atoms with Crippen LogP contribution in [-0.2, 0) is 6.54 Å². The number of aromatic amines is 1. The Bertz CT molecular complexity index is 926. The van der Waals surface area contributed by atoms with Gasteiger partial charge >= 0.3 is 5.97 Å². The second-order valence-electron chi connectivity index (χ2n) is 5.76. The molecule has 2 aromatic carbocycles. The topological polar surface area (TPSA) is 56.3 Å². The van der Waals surface area contributed by atoms with Crippen molar-refractivity contribution in [2.75, 3.05) is 4.90 Å². The number of hydrogen-bond donors (Lipinski definition) is 2. The number of anilines is 1. The Morgan fingerprint density at radius 1 is 1.08 bits per heavy atom. The number of carbonyl (C=O) groups is 1. The van der Waals surface area contributed by atoms with E-state index in [-0.39, 0.29) is 0 Å². The Hall–Kier alpha value is -3.27. The standard InChI is InChI=1S/C20H16N2O2/c23-20(24)15-6-4-5-14(11-15)17-12-21-19-9-10-22(13-18(17)19)16-7-2-1-3-8-16/h1-12,21H,13H2,(H,23,24). The predicted molar refractivity (Wildman–Crippen MR) is 94.8 cm³/mol. The smallest absolute Gasteiger partial charge is 0.335 e. The van der Waals surface area contributed by atoms with Crippen LogP contribution in [0, 0.1) is 0 Å². The molecule has 1 aliphatic rings. The molecule has 0 atom stereocenters. The zero-order chi connectivity index (χ0) is 16.5. The fourth-order valence-corrected chi connectivity index (χ4v) is 3.05. The van der Waals surface area contributed by atoms with Gasteiger partial charge in [0.05, 0.1) is 12.1 Å². The molecule has 0 fully saturated rings. The molecule has 4 heteroatoms. The quantitative estimate of drug-likeness (QED) is 0.754. The average molecular weight is 316 g/mol. The van der Waals surface area contributed by atoms with Gasteiger partial charge in [-0.1, -0.05) is 30.3 Å². The van der Waals surface area contributed by atoms with Gasteiger partial charge in [0.15, 0.2) is 0 Å². The Morgan fingerprint density at radius 2 is 1.92 bits per heavy atom. The molecule has 0 radical (unpaired) electrons. The van der Waals surface area contributed by atoms with Gasteiger partial charge in [-0.3, -0.25) is 0 Å². The Kier molecular flexibility index (Phi) is 3.43. The van der Waals surface area contributed by atoms with Crippen LogP contribution in [0.1, 0.15) is 21.6 Å². The maximum Gasteiger partial charge on any atom is 0.335 e. The van der Waals surface area contributed by atoms with E-state index < -0.39 is 5.97 Å². The van der Waals surface area contributed by atoms with Gasteiger partial charge in [-0.15, -0.1) is 0 Å². The highest BCUT2D eigenvalue weighted by molar-refractivity contribution is 5.90. The molecule has 24 heavy (non-hydrogen) atoms. The van der Waals surface area contributed by atoms with Gasteiger partial charge in [0.1, 0.15) is 0 Å². The fourth-order valence-electron chi connectivity index (χ4n) is 3.05. The van der Waals surface area contributed by atoms with Crippen molar-refractivity contribution in [2.24, 2.45) is 0 Å². The monoisotopic (exact) mass is 316 g/mol. The second-order valence-corrected chi connectivity index (χ2v) is 5.76. The number of hydrogen-bond acceptors (Lipinski definition) is 2. The highest BCUT2D eigenvalue weighted by atomic mass is 16.4. The van der Waals surface area contributed by atoms with Crippen LogP contribution < -0.4 is 4.90 Å². The van der Waals surface area contributed by atoms with E-state index in [0.717, 1.165) is 29.1 Å². The van der Waals surface area contributed by atoms with Crippen molar-refractivity contribution in [3.05, 3.63) is 83.8 Å². The molecule has 1 aromatic heterocycles. The summed E-state index contributed by atoms with van der Waals surface area (Å²) in [6, 6.07) is 17.3. The minimum Gasteiger partial charge on any atom is -0.478 e. The minimum atomic E-state index is -0.910. The lowest BCUT2D eigenvalue weighted by Crippen LogP contribution is -2.18. The molecule has 2 heterocycles. The highest BCUT2D eigenvalue weighted by Crippen LogP contribution is 2.33. The lowest BCUT2D eigenvalue weighted by atomic mass is 9.99. The van der Waals surface area contributed by atoms with Crippen molar-refractivity contribution >= 4 is 17.7 Å². The molecule has 0 amide bonds. The fraction of sp³-hybridized carbons (Fsp3) is 0.0500. The number of H-pyrrole nitrogens is 1. The van der Waals surface area contributed by atoms with Gasteiger partial charge in [-0.2, -0.15) is 0 Å². The molecule has 2 N–H and O–H groups in total. The third-order valence-corrected chi connectivity index (χ3v) is 4.28. The van der Waals surface area contributed by atoms with Gasteiger partial charge in [0.2, 0.25) is 0 Å². The van der Waals surface area contributed by atoms with Crippen LogP contribution in [0.3, 0.4) is 0 Å². The van der Waals surface area contributed by atoms with Gasteiger partial charge < -0.3 is 15.0 Å². The van der Waals surface area contributed by atoms with E-state index in [1.807, 2.05) is 30.5 Å². The van der Waals surface area contributed by atoms with Crippen molar-refractivity contribution in [3.63, 3.8) is 0 Å². The minimum absolute atomic E-state index is 0.300. The molecule has 0 bridgehead atoms. The van der Waals surface area contributed by atoms with Crippen molar-refractivity contribution < 1.29 is 9.90 Å². The van der Waals surface area contributed by atoms with Crippen LogP contribution >= 0.6 is 0 Å². The summed E-state index contributed by atoms with van der Waals surface area (Å²) in [6.45, 7) is 0.742. The molecule has 0 aliphatic carbocycles. The third kappa shape index (κ3) is 2.48. The second kappa shape index (κ2) is 5.74. The van der Waals surface area contributed by atoms with E-state index >= 15 is 0 Å². The molecule has 118 valence electrons. The van der Waals surface area contributed by atoms with Crippen LogP contribution in [0.5, 0.6) is 0 Å². The largest absolute Gasteiger partial charge is 0.478 e. The van der Waals surface area contributed by atoms with E-state index in [2.05, 4.69) is 34.3 Å². The predicted octanol–water partition coefficient (Wildman–Crippen LogP) is 4.37. The molecule has 4 nitrogen and oxygen atoms in total. The number of aromatic nitrogens is 1. The summed E-state index contributed by atoms with van der Waals surface area (Å²) in [4.78, 5) is 16.7. The van der Waals surface area contributed by atoms with Crippen LogP contribution in [0.2, 0.25) is 0 Å². The van der Waals surface area contributed by atoms with Crippen LogP contribution in [0.15, 0.2) is 67.0 Å². The Morgan fingerprint density at radius 3 is 2.71 bits per heavy atom. The number of benzene rings is 2. The first-order valence-corrected chi connectivity index (χ1v) is 7.76. The average Bonchev–Trinajstić information content (AvgIpc) is 3.05. The molecule has 0 saturated heterocycles. The summed E-state index contributed by atoms with van der Waals surface area (Å²) < 4.78 is 0. The third-order valence-electron chi connectivity index (χ3n) is 4.28. The van der Waals surface area contributed by atoms with Gasteiger partial charge in [-0.25, -0.2) is 4.79 Å². The molecule has 3 aromatic rings. The lowest BCUT2D eigenvalue weighted by Gasteiger charge is -2.24. The maximum absolute atomic E-state index is 11.2. The number of carboxylic acid groups (broad SMARTS) is 1. The van der Waals surface area contributed by atoms with Crippen molar-refractivity contribution in [3.8, 4) is 11.1 Å². The number of fused-ring (bicyclic) bond motifs is 1. The number of rotatable bonds is 3. The molecular formula is C20H16N2O2. The summed E-state index contributed by atoms with van der Waals surface area (Å²) in [6.07, 6.45) is 6.06. The molecule has 0 unspecified atom stereocenters.